The standard InChI is InChI=1S/C19H27BO2/c1-13-7-9-14(10-8-13)19-11-18(6,12-19)15(19)20-21-16(2,3)17(4,5)22-20/h7-10,15H,11-12H2,1-6H3. The number of hydrogen-bond acceptors (Lipinski definition) is 2. The van der Waals surface area contributed by atoms with Crippen LogP contribution in [0.15, 0.2) is 24.3 Å². The van der Waals surface area contributed by atoms with E-state index in [2.05, 4.69) is 65.8 Å². The zero-order valence-electron chi connectivity index (χ0n) is 14.7. The maximum Gasteiger partial charge on any atom is 0.462 e. The fourth-order valence-electron chi connectivity index (χ4n) is 5.12. The summed E-state index contributed by atoms with van der Waals surface area (Å²) >= 11 is 0. The van der Waals surface area contributed by atoms with Gasteiger partial charge in [0.25, 0.3) is 0 Å². The van der Waals surface area contributed by atoms with Gasteiger partial charge < -0.3 is 9.31 Å². The van der Waals surface area contributed by atoms with Gasteiger partial charge in [0.2, 0.25) is 0 Å². The summed E-state index contributed by atoms with van der Waals surface area (Å²) in [4.78, 5) is 0. The number of rotatable bonds is 2. The van der Waals surface area contributed by atoms with Gasteiger partial charge in [0.05, 0.1) is 11.2 Å². The second-order valence-electron chi connectivity index (χ2n) is 9.13. The Kier molecular flexibility index (Phi) is 2.68. The monoisotopic (exact) mass is 298 g/mol. The average Bonchev–Trinajstić information content (AvgIpc) is 2.54. The molecule has 2 nitrogen and oxygen atoms in total. The molecule has 1 aliphatic heterocycles. The first kappa shape index (κ1) is 14.8. The first-order valence-corrected chi connectivity index (χ1v) is 8.53. The molecule has 1 atom stereocenters. The molecule has 0 amide bonds. The molecule has 118 valence electrons. The van der Waals surface area contributed by atoms with E-state index in [0.29, 0.717) is 11.2 Å². The summed E-state index contributed by atoms with van der Waals surface area (Å²) in [6, 6.07) is 9.09. The van der Waals surface area contributed by atoms with Crippen molar-refractivity contribution in [3.63, 3.8) is 0 Å². The lowest BCUT2D eigenvalue weighted by Gasteiger charge is -2.76. The zero-order chi connectivity index (χ0) is 16.0. The second-order valence-corrected chi connectivity index (χ2v) is 9.13. The Morgan fingerprint density at radius 1 is 0.909 bits per heavy atom. The highest BCUT2D eigenvalue weighted by Gasteiger charge is 2.79. The van der Waals surface area contributed by atoms with Gasteiger partial charge in [-0.15, -0.1) is 0 Å². The van der Waals surface area contributed by atoms with Crippen LogP contribution in [0, 0.1) is 12.3 Å². The Hall–Kier alpha value is -0.795. The first-order valence-electron chi connectivity index (χ1n) is 8.53. The lowest BCUT2D eigenvalue weighted by atomic mass is 9.21. The van der Waals surface area contributed by atoms with Gasteiger partial charge in [-0.3, -0.25) is 0 Å². The molecule has 1 heterocycles. The fraction of sp³-hybridized carbons (Fsp3) is 0.684. The van der Waals surface area contributed by atoms with Crippen LogP contribution >= 0.6 is 0 Å². The van der Waals surface area contributed by atoms with Crippen LogP contribution in [-0.4, -0.2) is 18.3 Å². The molecule has 5 rings (SSSR count). The highest BCUT2D eigenvalue weighted by Crippen LogP contribution is 2.82. The Bertz CT molecular complexity index is 595. The first-order chi connectivity index (χ1) is 10.1. The van der Waals surface area contributed by atoms with Gasteiger partial charge in [-0.2, -0.15) is 0 Å². The molecule has 1 aromatic rings. The van der Waals surface area contributed by atoms with Gasteiger partial charge in [0.15, 0.2) is 0 Å². The number of benzene rings is 1. The van der Waals surface area contributed by atoms with Crippen molar-refractivity contribution < 1.29 is 9.31 Å². The van der Waals surface area contributed by atoms with E-state index in [4.69, 9.17) is 9.31 Å². The molecular formula is C19H27BO2. The van der Waals surface area contributed by atoms with Crippen LogP contribution in [0.1, 0.15) is 58.6 Å². The maximum absolute atomic E-state index is 6.38. The third-order valence-electron chi connectivity index (χ3n) is 6.95. The van der Waals surface area contributed by atoms with Crippen LogP contribution in [-0.2, 0) is 14.7 Å². The van der Waals surface area contributed by atoms with Gasteiger partial charge in [0.1, 0.15) is 0 Å². The van der Waals surface area contributed by atoms with Gasteiger partial charge in [-0.1, -0.05) is 36.8 Å². The maximum atomic E-state index is 6.38. The summed E-state index contributed by atoms with van der Waals surface area (Å²) in [6.45, 7) is 13.2. The summed E-state index contributed by atoms with van der Waals surface area (Å²) in [7, 11) is -0.0706. The van der Waals surface area contributed by atoms with E-state index in [0.717, 1.165) is 0 Å². The fourth-order valence-corrected chi connectivity index (χ4v) is 5.12. The van der Waals surface area contributed by atoms with Crippen LogP contribution in [0.2, 0.25) is 5.82 Å². The lowest BCUT2D eigenvalue weighted by molar-refractivity contribution is -0.137. The van der Waals surface area contributed by atoms with Crippen LogP contribution in [0.3, 0.4) is 0 Å². The molecule has 0 aromatic heterocycles. The van der Waals surface area contributed by atoms with Crippen molar-refractivity contribution in [3.8, 4) is 0 Å². The molecule has 0 radical (unpaired) electrons. The van der Waals surface area contributed by atoms with Crippen LogP contribution in [0.4, 0.5) is 0 Å². The molecule has 4 fully saturated rings. The largest absolute Gasteiger partial charge is 0.462 e. The van der Waals surface area contributed by atoms with E-state index in [1.165, 1.54) is 24.0 Å². The van der Waals surface area contributed by atoms with E-state index in [9.17, 15) is 0 Å². The average molecular weight is 298 g/mol. The Balaban J connectivity index is 1.64. The normalized spacial score (nSPS) is 41.0. The summed E-state index contributed by atoms with van der Waals surface area (Å²) in [5.41, 5.74) is 3.01. The minimum Gasteiger partial charge on any atom is -0.403 e. The van der Waals surface area contributed by atoms with Crippen molar-refractivity contribution in [1.82, 2.24) is 0 Å². The molecule has 4 aliphatic rings. The van der Waals surface area contributed by atoms with Crippen molar-refractivity contribution >= 4 is 7.12 Å². The number of hydrogen-bond donors (Lipinski definition) is 0. The molecular weight excluding hydrogens is 271 g/mol. The molecule has 0 spiro atoms. The van der Waals surface area contributed by atoms with Crippen molar-refractivity contribution in [2.45, 2.75) is 76.8 Å². The molecule has 3 saturated carbocycles. The third-order valence-corrected chi connectivity index (χ3v) is 6.95. The van der Waals surface area contributed by atoms with Crippen molar-refractivity contribution in [2.75, 3.05) is 0 Å². The molecule has 3 heteroatoms. The molecule has 0 N–H and O–H groups in total. The van der Waals surface area contributed by atoms with Crippen molar-refractivity contribution in [1.29, 1.82) is 0 Å². The van der Waals surface area contributed by atoms with Crippen LogP contribution in [0.25, 0.3) is 0 Å². The van der Waals surface area contributed by atoms with E-state index in [1.54, 1.807) is 0 Å². The van der Waals surface area contributed by atoms with E-state index >= 15 is 0 Å². The Morgan fingerprint density at radius 3 is 1.86 bits per heavy atom. The van der Waals surface area contributed by atoms with Gasteiger partial charge in [-0.25, -0.2) is 0 Å². The lowest BCUT2D eigenvalue weighted by Crippen LogP contribution is -2.72. The molecule has 22 heavy (non-hydrogen) atoms. The van der Waals surface area contributed by atoms with Gasteiger partial charge in [-0.05, 0) is 63.9 Å². The quantitative estimate of drug-likeness (QED) is 0.748. The Labute approximate surface area is 134 Å². The van der Waals surface area contributed by atoms with E-state index in [-0.39, 0.29) is 23.7 Å². The summed E-state index contributed by atoms with van der Waals surface area (Å²) in [5.74, 6) is 0.490. The SMILES string of the molecule is Cc1ccc(C23CC(C)(C2)C3B2OC(C)(C)C(C)(C)O2)cc1. The minimum absolute atomic E-state index is 0.0706. The highest BCUT2D eigenvalue weighted by atomic mass is 16.7. The molecule has 1 saturated heterocycles. The van der Waals surface area contributed by atoms with Gasteiger partial charge >= 0.3 is 7.12 Å². The predicted octanol–water partition coefficient (Wildman–Crippen LogP) is 4.51. The van der Waals surface area contributed by atoms with Crippen LogP contribution < -0.4 is 0 Å². The molecule has 1 aromatic carbocycles. The highest BCUT2D eigenvalue weighted by molar-refractivity contribution is 6.49. The number of aryl methyl sites for hydroxylation is 1. The predicted molar refractivity (Wildman–Crippen MR) is 90.0 cm³/mol. The zero-order valence-corrected chi connectivity index (χ0v) is 14.7. The summed E-state index contributed by atoms with van der Waals surface area (Å²) in [6.07, 6.45) is 2.55. The topological polar surface area (TPSA) is 18.5 Å². The van der Waals surface area contributed by atoms with Crippen LogP contribution in [0.5, 0.6) is 0 Å². The third kappa shape index (κ3) is 1.64. The van der Waals surface area contributed by atoms with E-state index in [1.807, 2.05) is 0 Å². The summed E-state index contributed by atoms with van der Waals surface area (Å²) in [5, 5.41) is 0. The van der Waals surface area contributed by atoms with Gasteiger partial charge in [0, 0.05) is 5.82 Å². The smallest absolute Gasteiger partial charge is 0.403 e. The second kappa shape index (κ2) is 3.99. The van der Waals surface area contributed by atoms with Crippen molar-refractivity contribution in [3.05, 3.63) is 35.4 Å². The summed E-state index contributed by atoms with van der Waals surface area (Å²) < 4.78 is 12.8. The van der Waals surface area contributed by atoms with E-state index < -0.39 is 0 Å². The van der Waals surface area contributed by atoms with Crippen molar-refractivity contribution in [2.24, 2.45) is 5.41 Å². The molecule has 2 bridgehead atoms. The molecule has 1 unspecified atom stereocenters. The Morgan fingerprint density at radius 2 is 1.41 bits per heavy atom. The molecule has 3 aliphatic carbocycles. The minimum atomic E-state index is -0.232.